The molecule has 1 saturated heterocycles. The average Bonchev–Trinajstić information content (AvgIpc) is 1.77. The Bertz CT molecular complexity index is 66.8. The van der Waals surface area contributed by atoms with Crippen LogP contribution in [0, 0.1) is 0 Å². The maximum absolute atomic E-state index is 8.91. The van der Waals surface area contributed by atoms with Gasteiger partial charge in [-0.3, -0.25) is 0 Å². The highest BCUT2D eigenvalue weighted by Gasteiger charge is 2.19. The van der Waals surface area contributed by atoms with E-state index in [1.165, 1.54) is 0 Å². The molecule has 0 amide bonds. The first kappa shape index (κ1) is 6.52. The van der Waals surface area contributed by atoms with E-state index in [4.69, 9.17) is 9.84 Å². The molecular weight excluding hydrogens is 172 g/mol. The molecule has 48 valence electrons. The molecule has 0 saturated carbocycles. The van der Waals surface area contributed by atoms with Gasteiger partial charge in [-0.2, -0.15) is 0 Å². The second-order valence-corrected chi connectivity index (χ2v) is 3.10. The Morgan fingerprint density at radius 1 is 1.62 bits per heavy atom. The van der Waals surface area contributed by atoms with Gasteiger partial charge in [0.1, 0.15) is 0 Å². The molecule has 1 fully saturated rings. The summed E-state index contributed by atoms with van der Waals surface area (Å²) < 4.78 is 4.90. The Morgan fingerprint density at radius 3 is 2.75 bits per heavy atom. The maximum Gasteiger partial charge on any atom is 0.167 e. The highest BCUT2D eigenvalue weighted by Crippen LogP contribution is 2.18. The number of alkyl halides is 1. The first-order valence-corrected chi connectivity index (χ1v) is 3.66. The first-order valence-electron chi connectivity index (χ1n) is 2.74. The third-order valence-electron chi connectivity index (χ3n) is 1.22. The fourth-order valence-corrected chi connectivity index (χ4v) is 1.21. The van der Waals surface area contributed by atoms with Gasteiger partial charge in [0.15, 0.2) is 6.29 Å². The summed E-state index contributed by atoms with van der Waals surface area (Å²) in [7, 11) is 0. The monoisotopic (exact) mass is 180 g/mol. The van der Waals surface area contributed by atoms with Crippen molar-refractivity contribution in [3.8, 4) is 0 Å². The first-order chi connectivity index (χ1) is 3.80. The molecule has 0 aromatic heterocycles. The Labute approximate surface area is 57.0 Å². The third-order valence-corrected chi connectivity index (χ3v) is 2.13. The SMILES string of the molecule is OC1OCCCC1Br. The molecule has 1 N–H and O–H groups in total. The van der Waals surface area contributed by atoms with Crippen LogP contribution in [0.15, 0.2) is 0 Å². The van der Waals surface area contributed by atoms with Gasteiger partial charge in [0.25, 0.3) is 0 Å². The van der Waals surface area contributed by atoms with E-state index in [9.17, 15) is 0 Å². The molecule has 1 aliphatic heterocycles. The molecule has 0 aromatic rings. The zero-order valence-electron chi connectivity index (χ0n) is 4.51. The van der Waals surface area contributed by atoms with E-state index in [0.29, 0.717) is 6.61 Å². The Hall–Kier alpha value is 0.400. The van der Waals surface area contributed by atoms with Crippen molar-refractivity contribution in [1.82, 2.24) is 0 Å². The van der Waals surface area contributed by atoms with Crippen molar-refractivity contribution in [2.24, 2.45) is 0 Å². The molecule has 2 unspecified atom stereocenters. The third kappa shape index (κ3) is 1.44. The van der Waals surface area contributed by atoms with Crippen LogP contribution >= 0.6 is 15.9 Å². The van der Waals surface area contributed by atoms with Gasteiger partial charge in [0.05, 0.1) is 4.83 Å². The maximum atomic E-state index is 8.91. The van der Waals surface area contributed by atoms with Crippen molar-refractivity contribution < 1.29 is 9.84 Å². The molecule has 2 nitrogen and oxygen atoms in total. The number of ether oxygens (including phenoxy) is 1. The van der Waals surface area contributed by atoms with Gasteiger partial charge in [-0.05, 0) is 12.8 Å². The molecule has 1 aliphatic rings. The molecule has 1 rings (SSSR count). The Balaban J connectivity index is 2.28. The van der Waals surface area contributed by atoms with Gasteiger partial charge in [0, 0.05) is 6.61 Å². The number of hydrogen-bond acceptors (Lipinski definition) is 2. The lowest BCUT2D eigenvalue weighted by Crippen LogP contribution is -2.28. The van der Waals surface area contributed by atoms with Crippen LogP contribution in [0.25, 0.3) is 0 Å². The summed E-state index contributed by atoms with van der Waals surface area (Å²) >= 11 is 3.28. The molecule has 0 aliphatic carbocycles. The van der Waals surface area contributed by atoms with Crippen molar-refractivity contribution in [1.29, 1.82) is 0 Å². The lowest BCUT2D eigenvalue weighted by atomic mass is 10.2. The van der Waals surface area contributed by atoms with E-state index in [0.717, 1.165) is 12.8 Å². The van der Waals surface area contributed by atoms with E-state index in [1.54, 1.807) is 0 Å². The minimum Gasteiger partial charge on any atom is -0.367 e. The summed E-state index contributed by atoms with van der Waals surface area (Å²) in [6.07, 6.45) is 1.48. The van der Waals surface area contributed by atoms with Crippen molar-refractivity contribution >= 4 is 15.9 Å². The minimum absolute atomic E-state index is 0.149. The van der Waals surface area contributed by atoms with Crippen LogP contribution in [0.2, 0.25) is 0 Å². The molecule has 3 heteroatoms. The highest BCUT2D eigenvalue weighted by atomic mass is 79.9. The van der Waals surface area contributed by atoms with Crippen LogP contribution in [0.4, 0.5) is 0 Å². The van der Waals surface area contributed by atoms with Gasteiger partial charge in [-0.15, -0.1) is 0 Å². The molecule has 2 atom stereocenters. The number of aliphatic hydroxyl groups is 1. The van der Waals surface area contributed by atoms with E-state index >= 15 is 0 Å². The van der Waals surface area contributed by atoms with E-state index in [1.807, 2.05) is 0 Å². The predicted octanol–water partition coefficient (Wildman–Crippen LogP) is 0.879. The largest absolute Gasteiger partial charge is 0.367 e. The summed E-state index contributed by atoms with van der Waals surface area (Å²) in [5.74, 6) is 0. The number of rotatable bonds is 0. The smallest absolute Gasteiger partial charge is 0.167 e. The van der Waals surface area contributed by atoms with Crippen molar-refractivity contribution in [3.63, 3.8) is 0 Å². The van der Waals surface area contributed by atoms with E-state index in [-0.39, 0.29) is 4.83 Å². The van der Waals surface area contributed by atoms with Crippen LogP contribution in [0.5, 0.6) is 0 Å². The molecule has 0 aromatic carbocycles. The standard InChI is InChI=1S/C5H9BrO2/c6-4-2-1-3-8-5(4)7/h4-5,7H,1-3H2. The summed E-state index contributed by atoms with van der Waals surface area (Å²) in [6.45, 7) is 0.698. The number of aliphatic hydroxyl groups excluding tert-OH is 1. The quantitative estimate of drug-likeness (QED) is 0.562. The van der Waals surface area contributed by atoms with Crippen LogP contribution in [0.3, 0.4) is 0 Å². The average molecular weight is 181 g/mol. The van der Waals surface area contributed by atoms with E-state index in [2.05, 4.69) is 15.9 Å². The molecular formula is C5H9BrO2. The summed E-state index contributed by atoms with van der Waals surface area (Å²) in [5, 5.41) is 8.91. The van der Waals surface area contributed by atoms with Crippen LogP contribution in [-0.2, 0) is 4.74 Å². The van der Waals surface area contributed by atoms with Gasteiger partial charge in [-0.25, -0.2) is 0 Å². The number of hydrogen-bond donors (Lipinski definition) is 1. The van der Waals surface area contributed by atoms with Gasteiger partial charge < -0.3 is 9.84 Å². The second-order valence-electron chi connectivity index (χ2n) is 1.92. The highest BCUT2D eigenvalue weighted by molar-refractivity contribution is 9.09. The van der Waals surface area contributed by atoms with Crippen molar-refractivity contribution in [2.75, 3.05) is 6.61 Å². The summed E-state index contributed by atoms with van der Waals surface area (Å²) in [4.78, 5) is 0.149. The lowest BCUT2D eigenvalue weighted by Gasteiger charge is -2.22. The number of halogens is 1. The summed E-state index contributed by atoms with van der Waals surface area (Å²) in [5.41, 5.74) is 0. The van der Waals surface area contributed by atoms with Crippen LogP contribution < -0.4 is 0 Å². The lowest BCUT2D eigenvalue weighted by molar-refractivity contribution is -0.117. The van der Waals surface area contributed by atoms with Gasteiger partial charge in [0.2, 0.25) is 0 Å². The predicted molar refractivity (Wildman–Crippen MR) is 33.9 cm³/mol. The van der Waals surface area contributed by atoms with Crippen molar-refractivity contribution in [2.45, 2.75) is 24.0 Å². The zero-order chi connectivity index (χ0) is 5.98. The Kier molecular flexibility index (Phi) is 2.28. The van der Waals surface area contributed by atoms with Crippen molar-refractivity contribution in [3.05, 3.63) is 0 Å². The minimum atomic E-state index is -0.580. The molecule has 0 radical (unpaired) electrons. The normalized spacial score (nSPS) is 39.8. The second kappa shape index (κ2) is 2.80. The van der Waals surface area contributed by atoms with E-state index < -0.39 is 6.29 Å². The topological polar surface area (TPSA) is 29.5 Å². The molecule has 1 heterocycles. The van der Waals surface area contributed by atoms with Crippen LogP contribution in [0.1, 0.15) is 12.8 Å². The zero-order valence-corrected chi connectivity index (χ0v) is 6.10. The van der Waals surface area contributed by atoms with Gasteiger partial charge >= 0.3 is 0 Å². The molecule has 0 bridgehead atoms. The Morgan fingerprint density at radius 2 is 2.38 bits per heavy atom. The molecule has 0 spiro atoms. The summed E-state index contributed by atoms with van der Waals surface area (Å²) in [6, 6.07) is 0. The van der Waals surface area contributed by atoms with Gasteiger partial charge in [-0.1, -0.05) is 15.9 Å². The fraction of sp³-hybridized carbons (Fsp3) is 1.00. The van der Waals surface area contributed by atoms with Crippen LogP contribution in [-0.4, -0.2) is 22.8 Å². The molecule has 8 heavy (non-hydrogen) atoms. The fourth-order valence-electron chi connectivity index (χ4n) is 0.729.